The molecule has 2 aromatic rings. The van der Waals surface area contributed by atoms with Crippen molar-refractivity contribution < 1.29 is 23.8 Å². The van der Waals surface area contributed by atoms with E-state index in [9.17, 15) is 9.59 Å². The number of fused-ring (bicyclic) bond motifs is 1. The first kappa shape index (κ1) is 21.9. The standard InChI is InChI=1S/C25H29N3O5/c1-17(31-2)21-19(16-27-13-14-32-25(10-11-25)23(27)29)15-18-7-6-12-28(22(18)26-21)24(30)33-20-8-4-3-5-9-20/h3-5,8-9,15,17H,6-7,10-14,16H2,1-2H3. The van der Waals surface area contributed by atoms with Gasteiger partial charge in [0, 0.05) is 26.7 Å². The molecule has 8 nitrogen and oxygen atoms in total. The Bertz CT molecular complexity index is 1050. The molecule has 8 heteroatoms. The molecule has 2 aliphatic heterocycles. The molecule has 1 atom stereocenters. The quantitative estimate of drug-likeness (QED) is 0.691. The number of pyridine rings is 1. The molecule has 1 aromatic carbocycles. The van der Waals surface area contributed by atoms with Gasteiger partial charge in [0.05, 0.1) is 18.4 Å². The number of hydrogen-bond acceptors (Lipinski definition) is 6. The van der Waals surface area contributed by atoms with Crippen LogP contribution in [-0.2, 0) is 27.2 Å². The van der Waals surface area contributed by atoms with Gasteiger partial charge in [-0.2, -0.15) is 0 Å². The Morgan fingerprint density at radius 3 is 2.76 bits per heavy atom. The van der Waals surface area contributed by atoms with E-state index in [1.807, 2.05) is 30.0 Å². The number of amides is 2. The van der Waals surface area contributed by atoms with Crippen LogP contribution in [0.2, 0.25) is 0 Å². The lowest BCUT2D eigenvalue weighted by molar-refractivity contribution is -0.157. The predicted molar refractivity (Wildman–Crippen MR) is 121 cm³/mol. The van der Waals surface area contributed by atoms with Crippen LogP contribution in [0.3, 0.4) is 0 Å². The molecular formula is C25H29N3O5. The van der Waals surface area contributed by atoms with E-state index in [0.29, 0.717) is 37.8 Å². The molecule has 2 fully saturated rings. The van der Waals surface area contributed by atoms with Gasteiger partial charge in [-0.1, -0.05) is 18.2 Å². The molecule has 1 saturated heterocycles. The van der Waals surface area contributed by atoms with Crippen molar-refractivity contribution in [3.63, 3.8) is 0 Å². The molecule has 0 radical (unpaired) electrons. The summed E-state index contributed by atoms with van der Waals surface area (Å²) in [5.74, 6) is 1.17. The largest absolute Gasteiger partial charge is 0.420 e. The summed E-state index contributed by atoms with van der Waals surface area (Å²) in [5.41, 5.74) is 2.08. The van der Waals surface area contributed by atoms with E-state index in [0.717, 1.165) is 42.5 Å². The molecule has 1 saturated carbocycles. The van der Waals surface area contributed by atoms with Crippen molar-refractivity contribution in [1.29, 1.82) is 0 Å². The number of carbonyl (C=O) groups excluding carboxylic acids is 2. The molecule has 5 rings (SSSR count). The number of rotatable bonds is 5. The fourth-order valence-corrected chi connectivity index (χ4v) is 4.60. The average Bonchev–Trinajstić information content (AvgIpc) is 3.61. The Labute approximate surface area is 193 Å². The van der Waals surface area contributed by atoms with E-state index in [4.69, 9.17) is 19.2 Å². The second-order valence-electron chi connectivity index (χ2n) is 8.90. The fraction of sp³-hybridized carbons (Fsp3) is 0.480. The van der Waals surface area contributed by atoms with E-state index >= 15 is 0 Å². The van der Waals surface area contributed by atoms with Gasteiger partial charge in [0.1, 0.15) is 17.2 Å². The zero-order chi connectivity index (χ0) is 23.0. The minimum Gasteiger partial charge on any atom is -0.410 e. The van der Waals surface area contributed by atoms with Crippen LogP contribution < -0.4 is 9.64 Å². The fourth-order valence-electron chi connectivity index (χ4n) is 4.60. The first-order valence-corrected chi connectivity index (χ1v) is 11.5. The molecule has 1 aromatic heterocycles. The van der Waals surface area contributed by atoms with Gasteiger partial charge in [-0.3, -0.25) is 9.69 Å². The van der Waals surface area contributed by atoms with Crippen molar-refractivity contribution in [2.75, 3.05) is 31.7 Å². The van der Waals surface area contributed by atoms with Gasteiger partial charge in [0.2, 0.25) is 0 Å². The Balaban J connectivity index is 1.44. The molecular weight excluding hydrogens is 422 g/mol. The second kappa shape index (κ2) is 8.76. The van der Waals surface area contributed by atoms with Crippen LogP contribution >= 0.6 is 0 Å². The lowest BCUT2D eigenvalue weighted by Crippen LogP contribution is -2.48. The van der Waals surface area contributed by atoms with Gasteiger partial charge in [-0.25, -0.2) is 9.78 Å². The van der Waals surface area contributed by atoms with Crippen molar-refractivity contribution in [3.05, 3.63) is 53.2 Å². The van der Waals surface area contributed by atoms with Crippen molar-refractivity contribution in [3.8, 4) is 5.75 Å². The molecule has 1 unspecified atom stereocenters. The number of aryl methyl sites for hydroxylation is 1. The summed E-state index contributed by atoms with van der Waals surface area (Å²) in [6.45, 7) is 4.04. The number of nitrogens with zero attached hydrogens (tertiary/aromatic N) is 3. The lowest BCUT2D eigenvalue weighted by atomic mass is 9.99. The predicted octanol–water partition coefficient (Wildman–Crippen LogP) is 3.63. The number of benzene rings is 1. The topological polar surface area (TPSA) is 81.2 Å². The highest BCUT2D eigenvalue weighted by Crippen LogP contribution is 2.43. The molecule has 3 heterocycles. The SMILES string of the molecule is COC(C)c1nc2c(cc1CN1CCOC3(CC3)C1=O)CCCN2C(=O)Oc1ccccc1. The highest BCUT2D eigenvalue weighted by molar-refractivity contribution is 5.90. The van der Waals surface area contributed by atoms with Crippen molar-refractivity contribution in [1.82, 2.24) is 9.88 Å². The summed E-state index contributed by atoms with van der Waals surface area (Å²) < 4.78 is 16.9. The van der Waals surface area contributed by atoms with Crippen molar-refractivity contribution in [2.24, 2.45) is 0 Å². The number of morpholine rings is 1. The third-order valence-corrected chi connectivity index (χ3v) is 6.66. The zero-order valence-corrected chi connectivity index (χ0v) is 19.1. The van der Waals surface area contributed by atoms with Crippen LogP contribution in [-0.4, -0.2) is 54.3 Å². The molecule has 0 bridgehead atoms. The van der Waals surface area contributed by atoms with E-state index in [-0.39, 0.29) is 12.0 Å². The van der Waals surface area contributed by atoms with E-state index in [2.05, 4.69) is 6.07 Å². The van der Waals surface area contributed by atoms with Crippen molar-refractivity contribution in [2.45, 2.75) is 50.9 Å². The molecule has 3 aliphatic rings. The molecule has 33 heavy (non-hydrogen) atoms. The summed E-state index contributed by atoms with van der Waals surface area (Å²) in [6, 6.07) is 11.1. The van der Waals surface area contributed by atoms with Crippen LogP contribution in [0, 0.1) is 0 Å². The highest BCUT2D eigenvalue weighted by Gasteiger charge is 2.55. The third-order valence-electron chi connectivity index (χ3n) is 6.66. The van der Waals surface area contributed by atoms with E-state index in [1.54, 1.807) is 24.1 Å². The minimum absolute atomic E-state index is 0.0653. The number of ether oxygens (including phenoxy) is 3. The first-order valence-electron chi connectivity index (χ1n) is 11.5. The van der Waals surface area contributed by atoms with Gasteiger partial charge in [-0.15, -0.1) is 0 Å². The Morgan fingerprint density at radius 2 is 2.03 bits per heavy atom. The number of aromatic nitrogens is 1. The smallest absolute Gasteiger partial charge is 0.410 e. The summed E-state index contributed by atoms with van der Waals surface area (Å²) in [6.07, 6.45) is 2.49. The summed E-state index contributed by atoms with van der Waals surface area (Å²) in [7, 11) is 1.64. The summed E-state index contributed by atoms with van der Waals surface area (Å²) in [4.78, 5) is 34.3. The summed E-state index contributed by atoms with van der Waals surface area (Å²) >= 11 is 0. The second-order valence-corrected chi connectivity index (χ2v) is 8.90. The monoisotopic (exact) mass is 451 g/mol. The van der Waals surface area contributed by atoms with Crippen molar-refractivity contribution >= 4 is 17.8 Å². The van der Waals surface area contributed by atoms with Crippen LogP contribution in [0.4, 0.5) is 10.6 Å². The van der Waals surface area contributed by atoms with Gasteiger partial charge >= 0.3 is 6.09 Å². The molecule has 1 aliphatic carbocycles. The van der Waals surface area contributed by atoms with Crippen LogP contribution in [0.15, 0.2) is 36.4 Å². The third kappa shape index (κ3) is 4.20. The van der Waals surface area contributed by atoms with Crippen LogP contribution in [0.5, 0.6) is 5.75 Å². The number of para-hydroxylation sites is 1. The van der Waals surface area contributed by atoms with Crippen LogP contribution in [0.25, 0.3) is 0 Å². The maximum Gasteiger partial charge on any atom is 0.420 e. The average molecular weight is 452 g/mol. The maximum atomic E-state index is 13.0. The lowest BCUT2D eigenvalue weighted by Gasteiger charge is -2.34. The summed E-state index contributed by atoms with van der Waals surface area (Å²) in [5, 5.41) is 0. The van der Waals surface area contributed by atoms with Gasteiger partial charge in [0.25, 0.3) is 5.91 Å². The van der Waals surface area contributed by atoms with Crippen LogP contribution in [0.1, 0.15) is 49.1 Å². The number of hydrogen-bond donors (Lipinski definition) is 0. The zero-order valence-electron chi connectivity index (χ0n) is 19.1. The minimum atomic E-state index is -0.592. The maximum absolute atomic E-state index is 13.0. The molecule has 0 N–H and O–H groups in total. The Morgan fingerprint density at radius 1 is 1.24 bits per heavy atom. The van der Waals surface area contributed by atoms with E-state index in [1.165, 1.54) is 0 Å². The molecule has 174 valence electrons. The number of anilines is 1. The van der Waals surface area contributed by atoms with E-state index < -0.39 is 11.7 Å². The normalized spacial score (nSPS) is 19.9. The Hall–Kier alpha value is -2.97. The molecule has 2 amide bonds. The number of methoxy groups -OCH3 is 1. The first-order chi connectivity index (χ1) is 16.0. The van der Waals surface area contributed by atoms with Gasteiger partial charge < -0.3 is 19.1 Å². The van der Waals surface area contributed by atoms with Gasteiger partial charge in [-0.05, 0) is 61.9 Å². The van der Waals surface area contributed by atoms with Gasteiger partial charge in [0.15, 0.2) is 0 Å². The molecule has 1 spiro atoms. The Kier molecular flexibility index (Phi) is 5.80. The number of carbonyl (C=O) groups is 2. The highest BCUT2D eigenvalue weighted by atomic mass is 16.6.